The van der Waals surface area contributed by atoms with E-state index in [1.54, 1.807) is 0 Å². The van der Waals surface area contributed by atoms with Gasteiger partial charge in [0.2, 0.25) is 0 Å². The van der Waals surface area contributed by atoms with Gasteiger partial charge in [-0.05, 0) is 54.0 Å². The van der Waals surface area contributed by atoms with Crippen LogP contribution in [0.3, 0.4) is 0 Å². The van der Waals surface area contributed by atoms with Gasteiger partial charge < -0.3 is 9.88 Å². The van der Waals surface area contributed by atoms with Crippen LogP contribution in [0.25, 0.3) is 0 Å². The van der Waals surface area contributed by atoms with Crippen LogP contribution >= 0.6 is 15.9 Å². The van der Waals surface area contributed by atoms with E-state index in [0.717, 1.165) is 19.0 Å². The number of nitrogens with zero attached hydrogens (tertiary/aromatic N) is 1. The Morgan fingerprint density at radius 2 is 2.08 bits per heavy atom. The molecule has 0 aromatic carbocycles. The van der Waals surface area contributed by atoms with Crippen molar-refractivity contribution in [1.82, 2.24) is 9.88 Å². The molecular formula is C10H15BrN2. The summed E-state index contributed by atoms with van der Waals surface area (Å²) < 4.78 is 3.43. The van der Waals surface area contributed by atoms with E-state index in [4.69, 9.17) is 0 Å². The predicted octanol–water partition coefficient (Wildman–Crippen LogP) is 2.25. The molecule has 1 aliphatic heterocycles. The average molecular weight is 243 g/mol. The Bertz CT molecular complexity index is 287. The molecule has 1 N–H and O–H groups in total. The number of hydrogen-bond donors (Lipinski definition) is 1. The molecule has 0 atom stereocenters. The van der Waals surface area contributed by atoms with Crippen molar-refractivity contribution in [2.24, 2.45) is 7.05 Å². The monoisotopic (exact) mass is 242 g/mol. The molecule has 2 nitrogen and oxygen atoms in total. The average Bonchev–Trinajstić information content (AvgIpc) is 2.49. The zero-order valence-electron chi connectivity index (χ0n) is 7.89. The molecule has 0 saturated carbocycles. The fourth-order valence-electron chi connectivity index (χ4n) is 2.03. The summed E-state index contributed by atoms with van der Waals surface area (Å²) >= 11 is 3.53. The van der Waals surface area contributed by atoms with Crippen molar-refractivity contribution in [3.05, 3.63) is 22.4 Å². The quantitative estimate of drug-likeness (QED) is 0.800. The smallest absolute Gasteiger partial charge is 0.0846 e. The molecule has 1 aromatic rings. The second-order valence-electron chi connectivity index (χ2n) is 3.66. The molecule has 3 heteroatoms. The molecule has 0 spiro atoms. The minimum Gasteiger partial charge on any atom is -0.342 e. The molecule has 1 aromatic heterocycles. The number of halogens is 1. The van der Waals surface area contributed by atoms with Crippen LogP contribution in [0, 0.1) is 0 Å². The zero-order valence-corrected chi connectivity index (χ0v) is 9.47. The van der Waals surface area contributed by atoms with E-state index in [-0.39, 0.29) is 0 Å². The Hall–Kier alpha value is -0.280. The number of piperidine rings is 1. The van der Waals surface area contributed by atoms with E-state index < -0.39 is 0 Å². The number of aromatic nitrogens is 1. The minimum atomic E-state index is 0.748. The van der Waals surface area contributed by atoms with Crippen molar-refractivity contribution in [2.75, 3.05) is 13.1 Å². The van der Waals surface area contributed by atoms with Crippen LogP contribution < -0.4 is 5.32 Å². The molecular weight excluding hydrogens is 228 g/mol. The van der Waals surface area contributed by atoms with Crippen molar-refractivity contribution in [3.8, 4) is 0 Å². The van der Waals surface area contributed by atoms with Crippen molar-refractivity contribution in [3.63, 3.8) is 0 Å². The fraction of sp³-hybridized carbons (Fsp3) is 0.600. The second kappa shape index (κ2) is 3.84. The molecule has 1 saturated heterocycles. The third kappa shape index (κ3) is 1.81. The van der Waals surface area contributed by atoms with Gasteiger partial charge in [0.25, 0.3) is 0 Å². The molecule has 1 fully saturated rings. The van der Waals surface area contributed by atoms with Crippen molar-refractivity contribution in [2.45, 2.75) is 18.8 Å². The number of nitrogens with one attached hydrogen (secondary N) is 1. The van der Waals surface area contributed by atoms with Gasteiger partial charge in [0, 0.05) is 18.7 Å². The fourth-order valence-corrected chi connectivity index (χ4v) is 2.37. The summed E-state index contributed by atoms with van der Waals surface area (Å²) in [6.07, 6.45) is 2.54. The van der Waals surface area contributed by atoms with Crippen molar-refractivity contribution in [1.29, 1.82) is 0 Å². The van der Waals surface area contributed by atoms with E-state index >= 15 is 0 Å². The Kier molecular flexibility index (Phi) is 2.74. The Morgan fingerprint density at radius 3 is 2.62 bits per heavy atom. The third-order valence-electron chi connectivity index (χ3n) is 2.86. The van der Waals surface area contributed by atoms with Crippen LogP contribution in [0.4, 0.5) is 0 Å². The first-order valence-electron chi connectivity index (χ1n) is 4.81. The van der Waals surface area contributed by atoms with Crippen LogP contribution in [0.15, 0.2) is 16.7 Å². The predicted molar refractivity (Wildman–Crippen MR) is 58.0 cm³/mol. The molecule has 0 aliphatic carbocycles. The molecule has 72 valence electrons. The summed E-state index contributed by atoms with van der Waals surface area (Å²) in [6.45, 7) is 2.32. The van der Waals surface area contributed by atoms with E-state index in [1.165, 1.54) is 23.1 Å². The van der Waals surface area contributed by atoms with Gasteiger partial charge in [0.15, 0.2) is 0 Å². The van der Waals surface area contributed by atoms with Gasteiger partial charge in [-0.25, -0.2) is 0 Å². The highest BCUT2D eigenvalue weighted by atomic mass is 79.9. The van der Waals surface area contributed by atoms with Gasteiger partial charge in [-0.15, -0.1) is 0 Å². The third-order valence-corrected chi connectivity index (χ3v) is 3.65. The number of hydrogen-bond acceptors (Lipinski definition) is 1. The minimum absolute atomic E-state index is 0.748. The first-order chi connectivity index (χ1) is 6.29. The lowest BCUT2D eigenvalue weighted by atomic mass is 9.95. The highest BCUT2D eigenvalue weighted by Crippen LogP contribution is 2.27. The van der Waals surface area contributed by atoms with Crippen LogP contribution in [0.1, 0.15) is 24.5 Å². The maximum absolute atomic E-state index is 3.53. The lowest BCUT2D eigenvalue weighted by Crippen LogP contribution is -2.27. The maximum Gasteiger partial charge on any atom is 0.0846 e. The van der Waals surface area contributed by atoms with E-state index in [0.29, 0.717) is 0 Å². The van der Waals surface area contributed by atoms with Crippen LogP contribution in [0.2, 0.25) is 0 Å². The first kappa shape index (κ1) is 9.28. The summed E-state index contributed by atoms with van der Waals surface area (Å²) in [5.74, 6) is 0.748. The van der Waals surface area contributed by atoms with Gasteiger partial charge in [-0.3, -0.25) is 0 Å². The van der Waals surface area contributed by atoms with E-state index in [1.807, 2.05) is 0 Å². The maximum atomic E-state index is 3.53. The topological polar surface area (TPSA) is 17.0 Å². The second-order valence-corrected chi connectivity index (χ2v) is 4.48. The van der Waals surface area contributed by atoms with Gasteiger partial charge >= 0.3 is 0 Å². The molecule has 1 aliphatic rings. The first-order valence-corrected chi connectivity index (χ1v) is 5.60. The number of rotatable bonds is 1. The van der Waals surface area contributed by atoms with E-state index in [2.05, 4.69) is 45.0 Å². The van der Waals surface area contributed by atoms with Gasteiger partial charge in [-0.1, -0.05) is 0 Å². The summed E-state index contributed by atoms with van der Waals surface area (Å²) in [4.78, 5) is 0. The Labute approximate surface area is 87.5 Å². The van der Waals surface area contributed by atoms with Crippen LogP contribution in [-0.4, -0.2) is 17.7 Å². The molecule has 2 heterocycles. The Balaban J connectivity index is 2.18. The highest BCUT2D eigenvalue weighted by Gasteiger charge is 2.17. The zero-order chi connectivity index (χ0) is 9.26. The van der Waals surface area contributed by atoms with Crippen molar-refractivity contribution < 1.29 is 0 Å². The molecule has 0 unspecified atom stereocenters. The lowest BCUT2D eigenvalue weighted by Gasteiger charge is -2.23. The van der Waals surface area contributed by atoms with Crippen LogP contribution in [-0.2, 0) is 7.05 Å². The Morgan fingerprint density at radius 1 is 1.38 bits per heavy atom. The normalized spacial score (nSPS) is 19.2. The summed E-state index contributed by atoms with van der Waals surface area (Å²) in [7, 11) is 2.13. The van der Waals surface area contributed by atoms with Gasteiger partial charge in [0.05, 0.1) is 4.60 Å². The highest BCUT2D eigenvalue weighted by molar-refractivity contribution is 9.10. The van der Waals surface area contributed by atoms with Crippen LogP contribution in [0.5, 0.6) is 0 Å². The van der Waals surface area contributed by atoms with Gasteiger partial charge in [0.1, 0.15) is 0 Å². The molecule has 0 radical (unpaired) electrons. The van der Waals surface area contributed by atoms with Crippen molar-refractivity contribution >= 4 is 15.9 Å². The molecule has 0 amide bonds. The molecule has 0 bridgehead atoms. The largest absolute Gasteiger partial charge is 0.342 e. The molecule has 2 rings (SSSR count). The SMILES string of the molecule is Cn1c(Br)ccc1C1CCNCC1. The summed E-state index contributed by atoms with van der Waals surface area (Å²) in [5, 5.41) is 3.39. The van der Waals surface area contributed by atoms with Gasteiger partial charge in [-0.2, -0.15) is 0 Å². The summed E-state index contributed by atoms with van der Waals surface area (Å²) in [6, 6.07) is 4.37. The van der Waals surface area contributed by atoms with E-state index in [9.17, 15) is 0 Å². The lowest BCUT2D eigenvalue weighted by molar-refractivity contribution is 0.445. The standard InChI is InChI=1S/C10H15BrN2/c1-13-9(2-3-10(13)11)8-4-6-12-7-5-8/h2-3,8,12H,4-7H2,1H3. The molecule has 13 heavy (non-hydrogen) atoms. The summed E-state index contributed by atoms with van der Waals surface area (Å²) in [5.41, 5.74) is 1.47.